The van der Waals surface area contributed by atoms with Crippen LogP contribution >= 0.6 is 11.6 Å². The number of hydrogen-bond acceptors (Lipinski definition) is 2. The number of benzene rings is 2. The SMILES string of the molecule is O=C(c1cn(CCCCc2ccccc2)c2cc(Cl)ccc12)N1CCOCC1. The van der Waals surface area contributed by atoms with Gasteiger partial charge in [-0.25, -0.2) is 0 Å². The average Bonchev–Trinajstić information content (AvgIpc) is 3.10. The van der Waals surface area contributed by atoms with Gasteiger partial charge in [0.15, 0.2) is 0 Å². The molecule has 1 amide bonds. The largest absolute Gasteiger partial charge is 0.378 e. The molecule has 0 spiro atoms. The molecule has 5 heteroatoms. The summed E-state index contributed by atoms with van der Waals surface area (Å²) in [5.41, 5.74) is 3.16. The van der Waals surface area contributed by atoms with Crippen molar-refractivity contribution >= 4 is 28.4 Å². The summed E-state index contributed by atoms with van der Waals surface area (Å²) < 4.78 is 7.56. The highest BCUT2D eigenvalue weighted by Crippen LogP contribution is 2.27. The average molecular weight is 397 g/mol. The Morgan fingerprint density at radius 1 is 1.04 bits per heavy atom. The first-order valence-electron chi connectivity index (χ1n) is 9.92. The smallest absolute Gasteiger partial charge is 0.256 e. The first kappa shape index (κ1) is 19.0. The van der Waals surface area contributed by atoms with Crippen LogP contribution in [-0.4, -0.2) is 41.7 Å². The second-order valence-corrected chi connectivity index (χ2v) is 7.68. The molecule has 3 aromatic rings. The Kier molecular flexibility index (Phi) is 5.98. The Morgan fingerprint density at radius 3 is 2.61 bits per heavy atom. The van der Waals surface area contributed by atoms with Crippen LogP contribution < -0.4 is 0 Å². The maximum absolute atomic E-state index is 13.1. The topological polar surface area (TPSA) is 34.5 Å². The molecule has 0 aliphatic carbocycles. The first-order valence-corrected chi connectivity index (χ1v) is 10.3. The number of aromatic nitrogens is 1. The zero-order valence-electron chi connectivity index (χ0n) is 15.9. The Balaban J connectivity index is 1.50. The maximum atomic E-state index is 13.1. The van der Waals surface area contributed by atoms with Crippen LogP contribution in [0.1, 0.15) is 28.8 Å². The predicted molar refractivity (Wildman–Crippen MR) is 113 cm³/mol. The van der Waals surface area contributed by atoms with Crippen LogP contribution in [0.3, 0.4) is 0 Å². The summed E-state index contributed by atoms with van der Waals surface area (Å²) in [6, 6.07) is 16.3. The van der Waals surface area contributed by atoms with Crippen molar-refractivity contribution in [3.8, 4) is 0 Å². The van der Waals surface area contributed by atoms with Gasteiger partial charge in [0.1, 0.15) is 0 Å². The summed E-state index contributed by atoms with van der Waals surface area (Å²) in [5.74, 6) is 0.0821. The lowest BCUT2D eigenvalue weighted by atomic mass is 10.1. The first-order chi connectivity index (χ1) is 13.7. The normalized spacial score (nSPS) is 14.5. The Hall–Kier alpha value is -2.30. The van der Waals surface area contributed by atoms with Gasteiger partial charge in [0.2, 0.25) is 0 Å². The molecular formula is C23H25ClN2O2. The second-order valence-electron chi connectivity index (χ2n) is 7.24. The fraction of sp³-hybridized carbons (Fsp3) is 0.348. The van der Waals surface area contributed by atoms with Crippen molar-refractivity contribution in [2.75, 3.05) is 26.3 Å². The number of carbonyl (C=O) groups excluding carboxylic acids is 1. The van der Waals surface area contributed by atoms with Gasteiger partial charge in [-0.1, -0.05) is 48.0 Å². The lowest BCUT2D eigenvalue weighted by Crippen LogP contribution is -2.40. The summed E-state index contributed by atoms with van der Waals surface area (Å²) in [5, 5.41) is 1.67. The Bertz CT molecular complexity index is 946. The highest BCUT2D eigenvalue weighted by molar-refractivity contribution is 6.31. The highest BCUT2D eigenvalue weighted by Gasteiger charge is 2.22. The molecule has 0 radical (unpaired) electrons. The van der Waals surface area contributed by atoms with E-state index in [2.05, 4.69) is 28.8 Å². The molecule has 1 aliphatic heterocycles. The van der Waals surface area contributed by atoms with E-state index < -0.39 is 0 Å². The molecule has 1 aliphatic rings. The summed E-state index contributed by atoms with van der Waals surface area (Å²) in [6.07, 6.45) is 5.23. The fourth-order valence-electron chi connectivity index (χ4n) is 3.81. The molecule has 4 nitrogen and oxygen atoms in total. The molecule has 1 fully saturated rings. The zero-order chi connectivity index (χ0) is 19.3. The molecule has 1 saturated heterocycles. The number of rotatable bonds is 6. The van der Waals surface area contributed by atoms with Gasteiger partial charge in [-0.3, -0.25) is 4.79 Å². The number of halogens is 1. The third kappa shape index (κ3) is 4.23. The molecule has 4 rings (SSSR count). The summed E-state index contributed by atoms with van der Waals surface area (Å²) in [4.78, 5) is 14.9. The molecule has 0 saturated carbocycles. The van der Waals surface area contributed by atoms with E-state index in [1.807, 2.05) is 35.4 Å². The summed E-state index contributed by atoms with van der Waals surface area (Å²) in [7, 11) is 0. The van der Waals surface area contributed by atoms with Gasteiger partial charge in [-0.15, -0.1) is 0 Å². The number of hydrogen-bond donors (Lipinski definition) is 0. The molecule has 2 heterocycles. The lowest BCUT2D eigenvalue weighted by Gasteiger charge is -2.26. The number of fused-ring (bicyclic) bond motifs is 1. The second kappa shape index (κ2) is 8.80. The van der Waals surface area contributed by atoms with Crippen LogP contribution in [-0.2, 0) is 17.7 Å². The van der Waals surface area contributed by atoms with Crippen molar-refractivity contribution in [1.29, 1.82) is 0 Å². The molecule has 0 unspecified atom stereocenters. The van der Waals surface area contributed by atoms with E-state index in [1.165, 1.54) is 5.56 Å². The highest BCUT2D eigenvalue weighted by atomic mass is 35.5. The van der Waals surface area contributed by atoms with E-state index in [-0.39, 0.29) is 5.91 Å². The van der Waals surface area contributed by atoms with Crippen molar-refractivity contribution in [2.24, 2.45) is 0 Å². The summed E-state index contributed by atoms with van der Waals surface area (Å²) >= 11 is 6.24. The standard InChI is InChI=1S/C23H25ClN2O2/c24-19-9-10-20-21(23(27)25-12-14-28-15-13-25)17-26(22(20)16-19)11-5-4-8-18-6-2-1-3-7-18/h1-3,6-7,9-10,16-17H,4-5,8,11-15H2. The van der Waals surface area contributed by atoms with Gasteiger partial charge in [0.05, 0.1) is 24.3 Å². The third-order valence-electron chi connectivity index (χ3n) is 5.33. The number of unbranched alkanes of at least 4 members (excludes halogenated alkanes) is 1. The van der Waals surface area contributed by atoms with Gasteiger partial charge in [-0.2, -0.15) is 0 Å². The predicted octanol–water partition coefficient (Wildman–Crippen LogP) is 4.79. The van der Waals surface area contributed by atoms with Crippen LogP contribution in [0.15, 0.2) is 54.7 Å². The zero-order valence-corrected chi connectivity index (χ0v) is 16.7. The number of morpholine rings is 1. The van der Waals surface area contributed by atoms with E-state index >= 15 is 0 Å². The Morgan fingerprint density at radius 2 is 1.82 bits per heavy atom. The van der Waals surface area contributed by atoms with Crippen molar-refractivity contribution in [2.45, 2.75) is 25.8 Å². The molecule has 28 heavy (non-hydrogen) atoms. The van der Waals surface area contributed by atoms with Gasteiger partial charge in [0.25, 0.3) is 5.91 Å². The summed E-state index contributed by atoms with van der Waals surface area (Å²) in [6.45, 7) is 3.39. The molecule has 146 valence electrons. The van der Waals surface area contributed by atoms with Crippen LogP contribution in [0.2, 0.25) is 5.02 Å². The van der Waals surface area contributed by atoms with E-state index in [0.717, 1.165) is 42.3 Å². The van der Waals surface area contributed by atoms with Crippen LogP contribution in [0, 0.1) is 0 Å². The Labute approximate surface area is 170 Å². The third-order valence-corrected chi connectivity index (χ3v) is 5.57. The van der Waals surface area contributed by atoms with Crippen molar-refractivity contribution in [3.63, 3.8) is 0 Å². The minimum atomic E-state index is 0.0821. The quantitative estimate of drug-likeness (QED) is 0.561. The number of ether oxygens (including phenoxy) is 1. The van der Waals surface area contributed by atoms with E-state index in [0.29, 0.717) is 31.3 Å². The number of nitrogens with zero attached hydrogens (tertiary/aromatic N) is 2. The number of amides is 1. The van der Waals surface area contributed by atoms with Crippen molar-refractivity contribution in [3.05, 3.63) is 70.9 Å². The number of carbonyl (C=O) groups is 1. The lowest BCUT2D eigenvalue weighted by molar-refractivity contribution is 0.0304. The van der Waals surface area contributed by atoms with Gasteiger partial charge < -0.3 is 14.2 Å². The fourth-order valence-corrected chi connectivity index (χ4v) is 3.98. The van der Waals surface area contributed by atoms with Crippen LogP contribution in [0.25, 0.3) is 10.9 Å². The van der Waals surface area contributed by atoms with Crippen LogP contribution in [0.4, 0.5) is 0 Å². The van der Waals surface area contributed by atoms with E-state index in [4.69, 9.17) is 16.3 Å². The monoisotopic (exact) mass is 396 g/mol. The van der Waals surface area contributed by atoms with Crippen molar-refractivity contribution < 1.29 is 9.53 Å². The molecule has 0 bridgehead atoms. The van der Waals surface area contributed by atoms with Crippen LogP contribution in [0.5, 0.6) is 0 Å². The van der Waals surface area contributed by atoms with Gasteiger partial charge >= 0.3 is 0 Å². The van der Waals surface area contributed by atoms with Gasteiger partial charge in [-0.05, 0) is 37.0 Å². The minimum absolute atomic E-state index is 0.0821. The molecule has 0 atom stereocenters. The number of aryl methyl sites for hydroxylation is 2. The van der Waals surface area contributed by atoms with E-state index in [1.54, 1.807) is 0 Å². The van der Waals surface area contributed by atoms with Crippen molar-refractivity contribution in [1.82, 2.24) is 9.47 Å². The molecular weight excluding hydrogens is 372 g/mol. The molecule has 2 aromatic carbocycles. The van der Waals surface area contributed by atoms with Gasteiger partial charge in [0, 0.05) is 36.2 Å². The molecule has 0 N–H and O–H groups in total. The minimum Gasteiger partial charge on any atom is -0.378 e. The van der Waals surface area contributed by atoms with E-state index in [9.17, 15) is 4.79 Å². The molecule has 1 aromatic heterocycles. The maximum Gasteiger partial charge on any atom is 0.256 e.